The third-order valence-corrected chi connectivity index (χ3v) is 1.34. The quantitative estimate of drug-likeness (QED) is 0.374. The highest BCUT2D eigenvalue weighted by molar-refractivity contribution is 6.17. The van der Waals surface area contributed by atoms with Crippen molar-refractivity contribution in [3.63, 3.8) is 0 Å². The van der Waals surface area contributed by atoms with Gasteiger partial charge < -0.3 is 5.32 Å². The van der Waals surface area contributed by atoms with Crippen molar-refractivity contribution < 1.29 is 0 Å². The standard InChI is InChI=1S/C8H14ClN/c1-10-8-6-4-2-3-5-7-9/h10H,2-3,5,7-8H2,1H3. The second kappa shape index (κ2) is 8.81. The topological polar surface area (TPSA) is 12.0 Å². The lowest BCUT2D eigenvalue weighted by Gasteiger charge is -1.87. The van der Waals surface area contributed by atoms with Gasteiger partial charge in [-0.25, -0.2) is 0 Å². The first-order valence-corrected chi connectivity index (χ1v) is 4.11. The van der Waals surface area contributed by atoms with Gasteiger partial charge in [0.1, 0.15) is 0 Å². The van der Waals surface area contributed by atoms with Crippen molar-refractivity contribution in [3.8, 4) is 11.8 Å². The number of alkyl halides is 1. The van der Waals surface area contributed by atoms with Crippen LogP contribution in [0.4, 0.5) is 0 Å². The smallest absolute Gasteiger partial charge is 0.0574 e. The molecule has 0 rings (SSSR count). The fourth-order valence-electron chi connectivity index (χ4n) is 0.547. The molecule has 0 aliphatic heterocycles. The molecule has 1 nitrogen and oxygen atoms in total. The molecule has 0 spiro atoms. The number of unbranched alkanes of at least 4 members (excludes halogenated alkanes) is 2. The molecule has 0 atom stereocenters. The van der Waals surface area contributed by atoms with Crippen LogP contribution >= 0.6 is 11.6 Å². The average Bonchev–Trinajstić information content (AvgIpc) is 1.97. The molecule has 0 aliphatic carbocycles. The Morgan fingerprint density at radius 3 is 2.70 bits per heavy atom. The highest BCUT2D eigenvalue weighted by Crippen LogP contribution is 1.94. The minimum atomic E-state index is 0.758. The van der Waals surface area contributed by atoms with Crippen LogP contribution in [0.3, 0.4) is 0 Å². The molecule has 0 heterocycles. The van der Waals surface area contributed by atoms with Gasteiger partial charge in [-0.2, -0.15) is 0 Å². The summed E-state index contributed by atoms with van der Waals surface area (Å²) in [7, 11) is 1.90. The third-order valence-electron chi connectivity index (χ3n) is 1.08. The van der Waals surface area contributed by atoms with Crippen LogP contribution in [0.1, 0.15) is 19.3 Å². The molecule has 0 amide bonds. The third kappa shape index (κ3) is 7.81. The molecule has 0 saturated heterocycles. The van der Waals surface area contributed by atoms with Crippen LogP contribution in [0, 0.1) is 11.8 Å². The highest BCUT2D eigenvalue weighted by atomic mass is 35.5. The van der Waals surface area contributed by atoms with Crippen molar-refractivity contribution in [2.45, 2.75) is 19.3 Å². The van der Waals surface area contributed by atoms with Crippen molar-refractivity contribution in [2.24, 2.45) is 0 Å². The Morgan fingerprint density at radius 2 is 2.10 bits per heavy atom. The maximum atomic E-state index is 5.48. The fraction of sp³-hybridized carbons (Fsp3) is 0.750. The van der Waals surface area contributed by atoms with Gasteiger partial charge >= 0.3 is 0 Å². The zero-order valence-electron chi connectivity index (χ0n) is 6.41. The summed E-state index contributed by atoms with van der Waals surface area (Å²) in [5, 5.41) is 2.96. The molecule has 0 bridgehead atoms. The van der Waals surface area contributed by atoms with E-state index in [9.17, 15) is 0 Å². The number of rotatable bonds is 4. The van der Waals surface area contributed by atoms with Crippen LogP contribution < -0.4 is 5.32 Å². The summed E-state index contributed by atoms with van der Waals surface area (Å²) in [6, 6.07) is 0. The Hall–Kier alpha value is -0.190. The van der Waals surface area contributed by atoms with E-state index >= 15 is 0 Å². The van der Waals surface area contributed by atoms with E-state index in [0.717, 1.165) is 31.7 Å². The van der Waals surface area contributed by atoms with Crippen molar-refractivity contribution >= 4 is 11.6 Å². The fourth-order valence-corrected chi connectivity index (χ4v) is 0.736. The van der Waals surface area contributed by atoms with Crippen LogP contribution in [0.5, 0.6) is 0 Å². The molecule has 2 heteroatoms. The summed E-state index contributed by atoms with van der Waals surface area (Å²) in [4.78, 5) is 0. The van der Waals surface area contributed by atoms with Gasteiger partial charge in [-0.05, 0) is 19.9 Å². The van der Waals surface area contributed by atoms with Crippen molar-refractivity contribution in [3.05, 3.63) is 0 Å². The molecule has 0 aromatic carbocycles. The van der Waals surface area contributed by atoms with Gasteiger partial charge in [-0.1, -0.05) is 5.92 Å². The van der Waals surface area contributed by atoms with Gasteiger partial charge in [0.2, 0.25) is 0 Å². The lowest BCUT2D eigenvalue weighted by molar-refractivity contribution is 0.831. The summed E-state index contributed by atoms with van der Waals surface area (Å²) < 4.78 is 0. The number of hydrogen-bond acceptors (Lipinski definition) is 1. The number of hydrogen-bond donors (Lipinski definition) is 1. The van der Waals surface area contributed by atoms with Gasteiger partial charge in [-0.15, -0.1) is 17.5 Å². The molecule has 0 aliphatic rings. The number of nitrogens with one attached hydrogen (secondary N) is 1. The molecule has 0 aromatic rings. The average molecular weight is 160 g/mol. The van der Waals surface area contributed by atoms with E-state index in [1.807, 2.05) is 7.05 Å². The zero-order valence-corrected chi connectivity index (χ0v) is 7.17. The van der Waals surface area contributed by atoms with Gasteiger partial charge in [0.15, 0.2) is 0 Å². The Bertz CT molecular complexity index is 112. The SMILES string of the molecule is CNCC#CCCCCCl. The first-order valence-electron chi connectivity index (χ1n) is 3.58. The van der Waals surface area contributed by atoms with Crippen LogP contribution in [-0.4, -0.2) is 19.5 Å². The zero-order chi connectivity index (χ0) is 7.66. The van der Waals surface area contributed by atoms with E-state index < -0.39 is 0 Å². The summed E-state index contributed by atoms with van der Waals surface area (Å²) in [5.41, 5.74) is 0. The summed E-state index contributed by atoms with van der Waals surface area (Å²) in [6.45, 7) is 0.793. The van der Waals surface area contributed by atoms with E-state index in [1.54, 1.807) is 0 Å². The van der Waals surface area contributed by atoms with Crippen molar-refractivity contribution in [2.75, 3.05) is 19.5 Å². The minimum Gasteiger partial charge on any atom is -0.309 e. The van der Waals surface area contributed by atoms with Gasteiger partial charge in [0.05, 0.1) is 6.54 Å². The van der Waals surface area contributed by atoms with Crippen LogP contribution in [0.25, 0.3) is 0 Å². The van der Waals surface area contributed by atoms with E-state index in [1.165, 1.54) is 0 Å². The molecule has 1 N–H and O–H groups in total. The van der Waals surface area contributed by atoms with E-state index in [0.29, 0.717) is 0 Å². The van der Waals surface area contributed by atoms with E-state index in [-0.39, 0.29) is 0 Å². The second-order valence-electron chi connectivity index (χ2n) is 2.03. The minimum absolute atomic E-state index is 0.758. The van der Waals surface area contributed by atoms with E-state index in [2.05, 4.69) is 17.2 Å². The molecule has 0 saturated carbocycles. The van der Waals surface area contributed by atoms with E-state index in [4.69, 9.17) is 11.6 Å². The predicted octanol–water partition coefficient (Wildman–Crippen LogP) is 1.62. The van der Waals surface area contributed by atoms with Gasteiger partial charge in [-0.3, -0.25) is 0 Å². The molecule has 0 unspecified atom stereocenters. The molecule has 0 radical (unpaired) electrons. The normalized spacial score (nSPS) is 8.60. The highest BCUT2D eigenvalue weighted by Gasteiger charge is 1.80. The lowest BCUT2D eigenvalue weighted by Crippen LogP contribution is -2.04. The summed E-state index contributed by atoms with van der Waals surface area (Å²) in [5.74, 6) is 6.80. The molecule has 58 valence electrons. The summed E-state index contributed by atoms with van der Waals surface area (Å²) >= 11 is 5.48. The molecular weight excluding hydrogens is 146 g/mol. The Labute approximate surface area is 68.1 Å². The first-order chi connectivity index (χ1) is 4.91. The first kappa shape index (κ1) is 9.81. The van der Waals surface area contributed by atoms with Crippen LogP contribution in [0.15, 0.2) is 0 Å². The molecule has 0 fully saturated rings. The van der Waals surface area contributed by atoms with Crippen LogP contribution in [0.2, 0.25) is 0 Å². The Kier molecular flexibility index (Phi) is 8.64. The van der Waals surface area contributed by atoms with Crippen molar-refractivity contribution in [1.82, 2.24) is 5.32 Å². The monoisotopic (exact) mass is 159 g/mol. The largest absolute Gasteiger partial charge is 0.309 e. The maximum Gasteiger partial charge on any atom is 0.0574 e. The summed E-state index contributed by atoms with van der Waals surface area (Å²) in [6.07, 6.45) is 3.18. The Balaban J connectivity index is 2.96. The predicted molar refractivity (Wildman–Crippen MR) is 46.3 cm³/mol. The maximum absolute atomic E-state index is 5.48. The molecule has 0 aromatic heterocycles. The molecule has 10 heavy (non-hydrogen) atoms. The van der Waals surface area contributed by atoms with Crippen molar-refractivity contribution in [1.29, 1.82) is 0 Å². The lowest BCUT2D eigenvalue weighted by atomic mass is 10.2. The van der Waals surface area contributed by atoms with Gasteiger partial charge in [0.25, 0.3) is 0 Å². The second-order valence-corrected chi connectivity index (χ2v) is 2.41. The van der Waals surface area contributed by atoms with Crippen LogP contribution in [-0.2, 0) is 0 Å². The molecular formula is C8H14ClN. The van der Waals surface area contributed by atoms with Gasteiger partial charge in [0, 0.05) is 12.3 Å². The number of halogens is 1. The Morgan fingerprint density at radius 1 is 1.30 bits per heavy atom.